The fourth-order valence-corrected chi connectivity index (χ4v) is 1.22. The average Bonchev–Trinajstić information content (AvgIpc) is 2.03. The van der Waals surface area contributed by atoms with Crippen LogP contribution < -0.4 is 5.32 Å². The first-order valence-electron chi connectivity index (χ1n) is 4.11. The Hall–Kier alpha value is -1.22. The second kappa shape index (κ2) is 3.26. The number of halogens is 2. The van der Waals surface area contributed by atoms with Crippen LogP contribution in [-0.4, -0.2) is 13.1 Å². The lowest BCUT2D eigenvalue weighted by Gasteiger charge is -2.18. The molecule has 0 aliphatic carbocycles. The van der Waals surface area contributed by atoms with Crippen molar-refractivity contribution in [1.82, 2.24) is 5.32 Å². The molecule has 1 fully saturated rings. The summed E-state index contributed by atoms with van der Waals surface area (Å²) in [6.45, 7) is 1.55. The summed E-state index contributed by atoms with van der Waals surface area (Å²) in [6, 6.07) is 3.48. The maximum absolute atomic E-state index is 13.1. The molecule has 1 saturated heterocycles. The van der Waals surface area contributed by atoms with E-state index < -0.39 is 5.82 Å². The van der Waals surface area contributed by atoms with Gasteiger partial charge in [-0.1, -0.05) is 6.08 Å². The minimum atomic E-state index is -0.402. The summed E-state index contributed by atoms with van der Waals surface area (Å²) in [7, 11) is 0. The molecule has 0 spiro atoms. The van der Waals surface area contributed by atoms with E-state index in [-0.39, 0.29) is 5.82 Å². The first kappa shape index (κ1) is 8.38. The van der Waals surface area contributed by atoms with Crippen LogP contribution in [0.5, 0.6) is 0 Å². The Morgan fingerprint density at radius 1 is 1.23 bits per heavy atom. The minimum absolute atomic E-state index is 0.330. The van der Waals surface area contributed by atoms with Crippen LogP contribution in [0.1, 0.15) is 5.56 Å². The normalized spacial score (nSPS) is 15.4. The van der Waals surface area contributed by atoms with Gasteiger partial charge in [-0.05, 0) is 23.8 Å². The summed E-state index contributed by atoms with van der Waals surface area (Å²) in [6.07, 6.45) is 1.69. The van der Waals surface area contributed by atoms with E-state index in [1.165, 1.54) is 6.07 Å². The van der Waals surface area contributed by atoms with E-state index in [0.717, 1.165) is 30.8 Å². The van der Waals surface area contributed by atoms with Gasteiger partial charge in [0.05, 0.1) is 0 Å². The first-order chi connectivity index (χ1) is 6.25. The highest BCUT2D eigenvalue weighted by molar-refractivity contribution is 5.55. The molecule has 0 bridgehead atoms. The Bertz CT molecular complexity index is 352. The molecule has 1 N–H and O–H groups in total. The van der Waals surface area contributed by atoms with Crippen LogP contribution in [-0.2, 0) is 0 Å². The van der Waals surface area contributed by atoms with Gasteiger partial charge in [-0.15, -0.1) is 0 Å². The molecule has 1 aliphatic rings. The van der Waals surface area contributed by atoms with Crippen LogP contribution in [0, 0.1) is 11.6 Å². The fraction of sp³-hybridized carbons (Fsp3) is 0.200. The van der Waals surface area contributed by atoms with Gasteiger partial charge in [-0.3, -0.25) is 0 Å². The van der Waals surface area contributed by atoms with E-state index in [2.05, 4.69) is 5.32 Å². The number of rotatable bonds is 1. The van der Waals surface area contributed by atoms with Crippen molar-refractivity contribution >= 4 is 6.08 Å². The highest BCUT2D eigenvalue weighted by atomic mass is 19.1. The van der Waals surface area contributed by atoms with E-state index in [1.807, 2.05) is 0 Å². The zero-order valence-corrected chi connectivity index (χ0v) is 6.98. The van der Waals surface area contributed by atoms with Crippen molar-refractivity contribution in [1.29, 1.82) is 0 Å². The number of hydrogen-bond donors (Lipinski definition) is 1. The highest BCUT2D eigenvalue weighted by Crippen LogP contribution is 2.15. The van der Waals surface area contributed by atoms with E-state index in [9.17, 15) is 8.78 Å². The SMILES string of the molecule is Fc1ccc(F)c(C=C2CNC2)c1. The minimum Gasteiger partial charge on any atom is -0.309 e. The Morgan fingerprint density at radius 2 is 2.00 bits per heavy atom. The maximum Gasteiger partial charge on any atom is 0.130 e. The molecule has 0 atom stereocenters. The van der Waals surface area contributed by atoms with Gasteiger partial charge in [0.1, 0.15) is 11.6 Å². The average molecular weight is 181 g/mol. The molecule has 0 saturated carbocycles. The molecular weight excluding hydrogens is 172 g/mol. The number of nitrogens with one attached hydrogen (secondary N) is 1. The van der Waals surface area contributed by atoms with Gasteiger partial charge in [0, 0.05) is 18.7 Å². The third-order valence-electron chi connectivity index (χ3n) is 2.02. The monoisotopic (exact) mass is 181 g/mol. The smallest absolute Gasteiger partial charge is 0.130 e. The molecule has 1 heterocycles. The lowest BCUT2D eigenvalue weighted by Crippen LogP contribution is -2.33. The second-order valence-corrected chi connectivity index (χ2v) is 3.07. The predicted octanol–water partition coefficient (Wildman–Crippen LogP) is 1.95. The maximum atomic E-state index is 13.1. The van der Waals surface area contributed by atoms with Crippen LogP contribution in [0.2, 0.25) is 0 Å². The Labute approximate surface area is 75.1 Å². The molecule has 0 radical (unpaired) electrons. The summed E-state index contributed by atoms with van der Waals surface area (Å²) in [5.41, 5.74) is 1.43. The zero-order valence-electron chi connectivity index (χ0n) is 6.98. The van der Waals surface area contributed by atoms with Gasteiger partial charge < -0.3 is 5.32 Å². The van der Waals surface area contributed by atoms with Crippen LogP contribution in [0.25, 0.3) is 6.08 Å². The fourth-order valence-electron chi connectivity index (χ4n) is 1.22. The molecule has 1 nitrogen and oxygen atoms in total. The molecule has 2 rings (SSSR count). The molecule has 0 amide bonds. The standard InChI is InChI=1S/C10H9F2N/c11-9-1-2-10(12)8(4-9)3-7-5-13-6-7/h1-4,13H,5-6H2. The lowest BCUT2D eigenvalue weighted by atomic mass is 10.1. The van der Waals surface area contributed by atoms with Crippen molar-refractivity contribution in [2.75, 3.05) is 13.1 Å². The quantitative estimate of drug-likeness (QED) is 0.698. The zero-order chi connectivity index (χ0) is 9.26. The first-order valence-corrected chi connectivity index (χ1v) is 4.11. The Balaban J connectivity index is 2.33. The summed E-state index contributed by atoms with van der Waals surface area (Å²) in [5.74, 6) is -0.777. The third kappa shape index (κ3) is 1.75. The van der Waals surface area contributed by atoms with Crippen molar-refractivity contribution in [3.63, 3.8) is 0 Å². The van der Waals surface area contributed by atoms with Crippen molar-refractivity contribution in [2.24, 2.45) is 0 Å². The van der Waals surface area contributed by atoms with Crippen molar-refractivity contribution in [2.45, 2.75) is 0 Å². The molecule has 0 aromatic heterocycles. The molecule has 1 aromatic carbocycles. The van der Waals surface area contributed by atoms with Gasteiger partial charge in [0.15, 0.2) is 0 Å². The van der Waals surface area contributed by atoms with Crippen LogP contribution in [0.4, 0.5) is 8.78 Å². The van der Waals surface area contributed by atoms with Gasteiger partial charge in [-0.25, -0.2) is 8.78 Å². The Morgan fingerprint density at radius 3 is 2.62 bits per heavy atom. The largest absolute Gasteiger partial charge is 0.309 e. The topological polar surface area (TPSA) is 12.0 Å². The van der Waals surface area contributed by atoms with E-state index in [4.69, 9.17) is 0 Å². The molecule has 13 heavy (non-hydrogen) atoms. The lowest BCUT2D eigenvalue weighted by molar-refractivity contribution is 0.597. The van der Waals surface area contributed by atoms with Crippen molar-refractivity contribution in [3.05, 3.63) is 41.0 Å². The second-order valence-electron chi connectivity index (χ2n) is 3.07. The molecule has 0 unspecified atom stereocenters. The van der Waals surface area contributed by atoms with Crippen molar-refractivity contribution < 1.29 is 8.78 Å². The van der Waals surface area contributed by atoms with Crippen molar-refractivity contribution in [3.8, 4) is 0 Å². The molecule has 3 heteroatoms. The summed E-state index contributed by atoms with van der Waals surface area (Å²) >= 11 is 0. The Kier molecular flexibility index (Phi) is 2.10. The predicted molar refractivity (Wildman–Crippen MR) is 47.2 cm³/mol. The summed E-state index contributed by atoms with van der Waals surface area (Å²) in [5, 5.41) is 3.03. The van der Waals surface area contributed by atoms with Gasteiger partial charge in [-0.2, -0.15) is 0 Å². The highest BCUT2D eigenvalue weighted by Gasteiger charge is 2.08. The molecule has 1 aliphatic heterocycles. The molecule has 1 aromatic rings. The van der Waals surface area contributed by atoms with Crippen LogP contribution in [0.15, 0.2) is 23.8 Å². The number of benzene rings is 1. The number of hydrogen-bond acceptors (Lipinski definition) is 1. The van der Waals surface area contributed by atoms with Gasteiger partial charge >= 0.3 is 0 Å². The van der Waals surface area contributed by atoms with Gasteiger partial charge in [0.2, 0.25) is 0 Å². The summed E-state index contributed by atoms with van der Waals surface area (Å²) in [4.78, 5) is 0. The van der Waals surface area contributed by atoms with Crippen LogP contribution in [0.3, 0.4) is 0 Å². The van der Waals surface area contributed by atoms with E-state index in [0.29, 0.717) is 5.56 Å². The van der Waals surface area contributed by atoms with E-state index >= 15 is 0 Å². The van der Waals surface area contributed by atoms with Crippen LogP contribution >= 0.6 is 0 Å². The molecular formula is C10H9F2N. The van der Waals surface area contributed by atoms with Gasteiger partial charge in [0.25, 0.3) is 0 Å². The summed E-state index contributed by atoms with van der Waals surface area (Å²) < 4.78 is 25.8. The van der Waals surface area contributed by atoms with E-state index in [1.54, 1.807) is 6.08 Å². The molecule has 68 valence electrons. The third-order valence-corrected chi connectivity index (χ3v) is 2.02.